The number of rotatable bonds is 3. The standard InChI is InChI=1S/C18H21N3O.ClH/c1-13(18(22)20-14-7-3-2-4-8-14)21-12-6-9-15-16(19)10-5-11-17(15)21;/h2-5,7-8,10-11,13H,6,9,12,19H2,1H3,(H,20,22);1H. The molecule has 23 heavy (non-hydrogen) atoms. The number of halogens is 1. The van der Waals surface area contributed by atoms with E-state index in [1.54, 1.807) is 0 Å². The maximum Gasteiger partial charge on any atom is 0.246 e. The Hall–Kier alpha value is -2.20. The van der Waals surface area contributed by atoms with Crippen molar-refractivity contribution in [3.8, 4) is 0 Å². The van der Waals surface area contributed by atoms with Crippen LogP contribution in [0.4, 0.5) is 17.1 Å². The van der Waals surface area contributed by atoms with Crippen LogP contribution in [0, 0.1) is 0 Å². The Bertz CT molecular complexity index is 675. The number of para-hydroxylation sites is 1. The number of hydrogen-bond acceptors (Lipinski definition) is 3. The lowest BCUT2D eigenvalue weighted by molar-refractivity contribution is -0.117. The van der Waals surface area contributed by atoms with Crippen molar-refractivity contribution >= 4 is 35.4 Å². The molecular formula is C18H22ClN3O. The molecule has 0 saturated carbocycles. The monoisotopic (exact) mass is 331 g/mol. The zero-order valence-corrected chi connectivity index (χ0v) is 14.0. The van der Waals surface area contributed by atoms with Crippen LogP contribution in [0.2, 0.25) is 0 Å². The van der Waals surface area contributed by atoms with Crippen molar-refractivity contribution in [2.45, 2.75) is 25.8 Å². The summed E-state index contributed by atoms with van der Waals surface area (Å²) in [6.45, 7) is 2.82. The van der Waals surface area contributed by atoms with E-state index in [1.165, 1.54) is 0 Å². The number of nitrogens with one attached hydrogen (secondary N) is 1. The van der Waals surface area contributed by atoms with Crippen LogP contribution >= 0.6 is 12.4 Å². The minimum atomic E-state index is -0.235. The third-order valence-electron chi connectivity index (χ3n) is 4.21. The first-order chi connectivity index (χ1) is 10.7. The quantitative estimate of drug-likeness (QED) is 0.847. The van der Waals surface area contributed by atoms with Crippen LogP contribution < -0.4 is 16.0 Å². The molecule has 1 aliphatic heterocycles. The summed E-state index contributed by atoms with van der Waals surface area (Å²) in [5.74, 6) is 0.00137. The number of nitrogens with zero attached hydrogens (tertiary/aromatic N) is 1. The second-order valence-corrected chi connectivity index (χ2v) is 5.67. The normalized spacial score (nSPS) is 14.4. The SMILES string of the molecule is CC(C(=O)Nc1ccccc1)N1CCCc2c(N)cccc21.Cl. The molecule has 1 atom stereocenters. The number of hydrogen-bond donors (Lipinski definition) is 2. The highest BCUT2D eigenvalue weighted by atomic mass is 35.5. The number of carbonyl (C=O) groups excluding carboxylic acids is 1. The van der Waals surface area contributed by atoms with Gasteiger partial charge in [0.1, 0.15) is 6.04 Å². The number of anilines is 3. The van der Waals surface area contributed by atoms with Crippen molar-refractivity contribution in [3.63, 3.8) is 0 Å². The first-order valence-corrected chi connectivity index (χ1v) is 7.67. The molecule has 0 saturated heterocycles. The van der Waals surface area contributed by atoms with Gasteiger partial charge in [0.05, 0.1) is 0 Å². The van der Waals surface area contributed by atoms with Crippen LogP contribution in [0.1, 0.15) is 18.9 Å². The molecule has 0 aliphatic carbocycles. The molecule has 122 valence electrons. The van der Waals surface area contributed by atoms with Crippen molar-refractivity contribution in [1.82, 2.24) is 0 Å². The summed E-state index contributed by atoms with van der Waals surface area (Å²) in [6.07, 6.45) is 2.00. The van der Waals surface area contributed by atoms with E-state index in [0.29, 0.717) is 0 Å². The van der Waals surface area contributed by atoms with Gasteiger partial charge in [0.2, 0.25) is 5.91 Å². The number of benzene rings is 2. The lowest BCUT2D eigenvalue weighted by atomic mass is 9.98. The molecule has 3 rings (SSSR count). The fourth-order valence-corrected chi connectivity index (χ4v) is 2.99. The number of nitrogens with two attached hydrogens (primary N) is 1. The first-order valence-electron chi connectivity index (χ1n) is 7.67. The van der Waals surface area contributed by atoms with E-state index in [-0.39, 0.29) is 24.4 Å². The maximum absolute atomic E-state index is 12.5. The van der Waals surface area contributed by atoms with E-state index in [2.05, 4.69) is 16.3 Å². The molecule has 4 nitrogen and oxygen atoms in total. The molecule has 2 aromatic carbocycles. The minimum Gasteiger partial charge on any atom is -0.398 e. The van der Waals surface area contributed by atoms with Crippen LogP contribution in [-0.2, 0) is 11.2 Å². The molecule has 1 heterocycles. The molecule has 0 aromatic heterocycles. The van der Waals surface area contributed by atoms with Gasteiger partial charge in [0.25, 0.3) is 0 Å². The molecule has 2 aromatic rings. The highest BCUT2D eigenvalue weighted by Crippen LogP contribution is 2.32. The molecule has 0 fully saturated rings. The molecule has 1 amide bonds. The Morgan fingerprint density at radius 2 is 1.91 bits per heavy atom. The molecule has 0 bridgehead atoms. The van der Waals surface area contributed by atoms with E-state index < -0.39 is 0 Å². The summed E-state index contributed by atoms with van der Waals surface area (Å²) >= 11 is 0. The van der Waals surface area contributed by atoms with Gasteiger partial charge in [-0.05, 0) is 49.6 Å². The summed E-state index contributed by atoms with van der Waals surface area (Å²) in [5, 5.41) is 2.97. The Morgan fingerprint density at radius 1 is 1.17 bits per heavy atom. The van der Waals surface area contributed by atoms with Crippen LogP contribution in [0.15, 0.2) is 48.5 Å². The van der Waals surface area contributed by atoms with Crippen molar-refractivity contribution in [2.24, 2.45) is 0 Å². The molecule has 1 aliphatic rings. The highest BCUT2D eigenvalue weighted by Gasteiger charge is 2.26. The molecule has 3 N–H and O–H groups in total. The van der Waals surface area contributed by atoms with Gasteiger partial charge in [0.15, 0.2) is 0 Å². The molecular weight excluding hydrogens is 310 g/mol. The largest absolute Gasteiger partial charge is 0.398 e. The fourth-order valence-electron chi connectivity index (χ4n) is 2.99. The predicted octanol–water partition coefficient (Wildman–Crippen LogP) is 3.47. The number of fused-ring (bicyclic) bond motifs is 1. The van der Waals surface area contributed by atoms with E-state index in [1.807, 2.05) is 49.4 Å². The highest BCUT2D eigenvalue weighted by molar-refractivity contribution is 5.97. The molecule has 1 unspecified atom stereocenters. The van der Waals surface area contributed by atoms with E-state index in [9.17, 15) is 4.79 Å². The molecule has 5 heteroatoms. The Kier molecular flexibility index (Phi) is 5.50. The summed E-state index contributed by atoms with van der Waals surface area (Å²) in [5.41, 5.74) is 9.96. The van der Waals surface area contributed by atoms with Crippen molar-refractivity contribution < 1.29 is 4.79 Å². The Morgan fingerprint density at radius 3 is 2.65 bits per heavy atom. The molecule has 0 radical (unpaired) electrons. The third kappa shape index (κ3) is 3.59. The summed E-state index contributed by atoms with van der Waals surface area (Å²) < 4.78 is 0. The van der Waals surface area contributed by atoms with E-state index >= 15 is 0 Å². The third-order valence-corrected chi connectivity index (χ3v) is 4.21. The van der Waals surface area contributed by atoms with Crippen LogP contribution in [0.3, 0.4) is 0 Å². The molecule has 0 spiro atoms. The van der Waals surface area contributed by atoms with Gasteiger partial charge in [0, 0.05) is 23.6 Å². The zero-order valence-electron chi connectivity index (χ0n) is 13.2. The van der Waals surface area contributed by atoms with Crippen molar-refractivity contribution in [3.05, 3.63) is 54.1 Å². The van der Waals surface area contributed by atoms with Crippen molar-refractivity contribution in [2.75, 3.05) is 22.5 Å². The second-order valence-electron chi connectivity index (χ2n) is 5.67. The number of carbonyl (C=O) groups is 1. The van der Waals surface area contributed by atoms with Gasteiger partial charge in [-0.3, -0.25) is 4.79 Å². The lowest BCUT2D eigenvalue weighted by Crippen LogP contribution is -2.44. The van der Waals surface area contributed by atoms with Crippen LogP contribution in [0.5, 0.6) is 0 Å². The number of amides is 1. The Labute approximate surface area is 143 Å². The van der Waals surface area contributed by atoms with Gasteiger partial charge >= 0.3 is 0 Å². The second kappa shape index (κ2) is 7.38. The fraction of sp³-hybridized carbons (Fsp3) is 0.278. The average molecular weight is 332 g/mol. The topological polar surface area (TPSA) is 58.4 Å². The summed E-state index contributed by atoms with van der Waals surface area (Å²) in [6, 6.07) is 15.3. The lowest BCUT2D eigenvalue weighted by Gasteiger charge is -2.36. The van der Waals surface area contributed by atoms with Crippen LogP contribution in [0.25, 0.3) is 0 Å². The van der Waals surface area contributed by atoms with Crippen LogP contribution in [-0.4, -0.2) is 18.5 Å². The maximum atomic E-state index is 12.5. The first kappa shape index (κ1) is 17.2. The Balaban J connectivity index is 0.00000192. The predicted molar refractivity (Wildman–Crippen MR) is 98.3 cm³/mol. The summed E-state index contributed by atoms with van der Waals surface area (Å²) in [7, 11) is 0. The van der Waals surface area contributed by atoms with Gasteiger partial charge in [-0.15, -0.1) is 12.4 Å². The zero-order chi connectivity index (χ0) is 15.5. The van der Waals surface area contributed by atoms with Gasteiger partial charge in [-0.2, -0.15) is 0 Å². The number of nitrogen functional groups attached to an aromatic ring is 1. The smallest absolute Gasteiger partial charge is 0.246 e. The minimum absolute atomic E-state index is 0. The summed E-state index contributed by atoms with van der Waals surface area (Å²) in [4.78, 5) is 14.7. The average Bonchev–Trinajstić information content (AvgIpc) is 2.55. The van der Waals surface area contributed by atoms with Gasteiger partial charge in [-0.1, -0.05) is 24.3 Å². The van der Waals surface area contributed by atoms with Gasteiger partial charge in [-0.25, -0.2) is 0 Å². The van der Waals surface area contributed by atoms with Gasteiger partial charge < -0.3 is 16.0 Å². The van der Waals surface area contributed by atoms with E-state index in [0.717, 1.165) is 42.0 Å². The van der Waals surface area contributed by atoms with E-state index in [4.69, 9.17) is 5.73 Å². The van der Waals surface area contributed by atoms with Crippen molar-refractivity contribution in [1.29, 1.82) is 0 Å².